The first-order valence-corrected chi connectivity index (χ1v) is 9.84. The van der Waals surface area contributed by atoms with E-state index >= 15 is 0 Å². The van der Waals surface area contributed by atoms with Gasteiger partial charge in [-0.2, -0.15) is 5.10 Å². The zero-order chi connectivity index (χ0) is 20.1. The number of aromatic nitrogens is 2. The number of nitrogens with zero attached hydrogens (tertiary/aromatic N) is 4. The summed E-state index contributed by atoms with van der Waals surface area (Å²) in [5.74, 6) is 0.639. The van der Waals surface area contributed by atoms with Crippen LogP contribution >= 0.6 is 24.0 Å². The van der Waals surface area contributed by atoms with Crippen molar-refractivity contribution in [3.8, 4) is 0 Å². The Labute approximate surface area is 189 Å². The van der Waals surface area contributed by atoms with Crippen LogP contribution in [0.15, 0.2) is 35.3 Å². The molecule has 1 aliphatic rings. The number of nitrogens with one attached hydrogen (secondary N) is 1. The fourth-order valence-electron chi connectivity index (χ4n) is 3.65. The predicted molar refractivity (Wildman–Crippen MR) is 124 cm³/mol. The van der Waals surface area contributed by atoms with E-state index in [9.17, 15) is 4.39 Å². The molecule has 6 nitrogen and oxygen atoms in total. The highest BCUT2D eigenvalue weighted by molar-refractivity contribution is 14.0. The quantitative estimate of drug-likeness (QED) is 0.286. The maximum atomic E-state index is 13.2. The summed E-state index contributed by atoms with van der Waals surface area (Å²) in [5.41, 5.74) is 3.22. The minimum Gasteiger partial charge on any atom is -0.367 e. The Bertz CT molecular complexity index is 808. The molecule has 0 amide bonds. The molecule has 0 spiro atoms. The largest absolute Gasteiger partial charge is 0.367 e. The molecule has 8 heteroatoms. The number of rotatable bonds is 5. The lowest BCUT2D eigenvalue weighted by atomic mass is 10.1. The van der Waals surface area contributed by atoms with E-state index in [1.165, 1.54) is 17.8 Å². The van der Waals surface area contributed by atoms with Crippen molar-refractivity contribution in [3.63, 3.8) is 0 Å². The molecule has 0 aliphatic carbocycles. The number of halogens is 2. The molecule has 0 saturated carbocycles. The lowest BCUT2D eigenvalue weighted by molar-refractivity contribution is -0.0605. The van der Waals surface area contributed by atoms with Crippen LogP contribution in [0.4, 0.5) is 4.39 Å². The van der Waals surface area contributed by atoms with Crippen molar-refractivity contribution in [3.05, 3.63) is 53.1 Å². The number of aliphatic imine (C=N–C) groups is 1. The van der Waals surface area contributed by atoms with E-state index in [1.54, 1.807) is 19.2 Å². The summed E-state index contributed by atoms with van der Waals surface area (Å²) in [6, 6.07) is 8.64. The van der Waals surface area contributed by atoms with Gasteiger partial charge in [-0.25, -0.2) is 4.39 Å². The van der Waals surface area contributed by atoms with Gasteiger partial charge < -0.3 is 15.0 Å². The van der Waals surface area contributed by atoms with E-state index in [4.69, 9.17) is 4.74 Å². The van der Waals surface area contributed by atoms with Crippen molar-refractivity contribution in [2.75, 3.05) is 26.7 Å². The van der Waals surface area contributed by atoms with Gasteiger partial charge in [0, 0.05) is 32.4 Å². The number of hydrogen-bond donors (Lipinski definition) is 1. The zero-order valence-corrected chi connectivity index (χ0v) is 19.9. The third kappa shape index (κ3) is 6.40. The molecule has 2 unspecified atom stereocenters. The molecule has 1 N–H and O–H groups in total. The summed E-state index contributed by atoms with van der Waals surface area (Å²) in [7, 11) is 1.80. The fraction of sp³-hybridized carbons (Fsp3) is 0.524. The third-order valence-corrected chi connectivity index (χ3v) is 4.95. The standard InChI is InChI=1S/C21H30FN5O.HI/c1-15-12-16(2)27(25-15)11-5-10-24-21(23-4)26-13-17(3)28-20(14-26)18-6-8-19(22)9-7-18;/h6-9,12,17,20H,5,10-11,13-14H2,1-4H3,(H,23,24);1H. The minimum atomic E-state index is -0.232. The highest BCUT2D eigenvalue weighted by Crippen LogP contribution is 2.25. The van der Waals surface area contributed by atoms with Gasteiger partial charge in [0.05, 0.1) is 18.3 Å². The highest BCUT2D eigenvalue weighted by atomic mass is 127. The van der Waals surface area contributed by atoms with Crippen LogP contribution in [0, 0.1) is 19.7 Å². The van der Waals surface area contributed by atoms with Gasteiger partial charge in [0.1, 0.15) is 11.9 Å². The smallest absolute Gasteiger partial charge is 0.193 e. The number of aryl methyl sites for hydroxylation is 3. The van der Waals surface area contributed by atoms with E-state index in [0.717, 1.165) is 43.3 Å². The maximum Gasteiger partial charge on any atom is 0.193 e. The monoisotopic (exact) mass is 515 g/mol. The second-order valence-corrected chi connectivity index (χ2v) is 7.37. The molecule has 160 valence electrons. The van der Waals surface area contributed by atoms with E-state index in [0.29, 0.717) is 6.54 Å². The van der Waals surface area contributed by atoms with Gasteiger partial charge in [0.15, 0.2) is 5.96 Å². The Balaban J connectivity index is 0.00000300. The van der Waals surface area contributed by atoms with Gasteiger partial charge in [0.25, 0.3) is 0 Å². The van der Waals surface area contributed by atoms with E-state index < -0.39 is 0 Å². The van der Waals surface area contributed by atoms with Gasteiger partial charge >= 0.3 is 0 Å². The number of benzene rings is 1. The molecule has 3 rings (SSSR count). The van der Waals surface area contributed by atoms with Gasteiger partial charge in [-0.15, -0.1) is 24.0 Å². The fourth-order valence-corrected chi connectivity index (χ4v) is 3.65. The molecule has 0 bridgehead atoms. The highest BCUT2D eigenvalue weighted by Gasteiger charge is 2.28. The Kier molecular flexibility index (Phi) is 8.88. The SMILES string of the molecule is CN=C(NCCCn1nc(C)cc1C)N1CC(C)OC(c2ccc(F)cc2)C1.I. The topological polar surface area (TPSA) is 54.7 Å². The molecule has 2 heterocycles. The summed E-state index contributed by atoms with van der Waals surface area (Å²) in [4.78, 5) is 6.66. The van der Waals surface area contributed by atoms with Gasteiger partial charge in [0.2, 0.25) is 0 Å². The van der Waals surface area contributed by atoms with E-state index in [1.807, 2.05) is 11.6 Å². The Morgan fingerprint density at radius 3 is 2.62 bits per heavy atom. The number of ether oxygens (including phenoxy) is 1. The van der Waals surface area contributed by atoms with Gasteiger partial charge in [-0.1, -0.05) is 12.1 Å². The second-order valence-electron chi connectivity index (χ2n) is 7.37. The molecular formula is C21H31FIN5O. The lowest BCUT2D eigenvalue weighted by Crippen LogP contribution is -2.50. The molecule has 1 aliphatic heterocycles. The summed E-state index contributed by atoms with van der Waals surface area (Å²) < 4.78 is 21.3. The van der Waals surface area contributed by atoms with Crippen LogP contribution in [0.5, 0.6) is 0 Å². The molecule has 1 fully saturated rings. The summed E-state index contributed by atoms with van der Waals surface area (Å²) in [6.45, 7) is 9.30. The zero-order valence-electron chi connectivity index (χ0n) is 17.6. The van der Waals surface area contributed by atoms with Crippen molar-refractivity contribution in [1.82, 2.24) is 20.0 Å². The first kappa shape index (κ1) is 23.6. The summed E-state index contributed by atoms with van der Waals surface area (Å²) in [6.07, 6.45) is 0.928. The summed E-state index contributed by atoms with van der Waals surface area (Å²) in [5, 5.41) is 7.96. The minimum absolute atomic E-state index is 0. The molecule has 1 aromatic heterocycles. The van der Waals surface area contributed by atoms with E-state index in [2.05, 4.69) is 40.2 Å². The first-order chi connectivity index (χ1) is 13.5. The average Bonchev–Trinajstić information content (AvgIpc) is 2.99. The molecule has 29 heavy (non-hydrogen) atoms. The predicted octanol–water partition coefficient (Wildman–Crippen LogP) is 3.68. The van der Waals surface area contributed by atoms with Crippen molar-refractivity contribution in [2.24, 2.45) is 4.99 Å². The molecule has 2 atom stereocenters. The molecular weight excluding hydrogens is 484 g/mol. The van der Waals surface area contributed by atoms with Crippen molar-refractivity contribution in [2.45, 2.75) is 45.9 Å². The number of morpholine rings is 1. The maximum absolute atomic E-state index is 13.2. The van der Waals surface area contributed by atoms with Gasteiger partial charge in [-0.3, -0.25) is 9.67 Å². The van der Waals surface area contributed by atoms with Crippen molar-refractivity contribution >= 4 is 29.9 Å². The van der Waals surface area contributed by atoms with Crippen LogP contribution in [0.2, 0.25) is 0 Å². The third-order valence-electron chi connectivity index (χ3n) is 4.95. The number of guanidine groups is 1. The van der Waals surface area contributed by atoms with Crippen molar-refractivity contribution < 1.29 is 9.13 Å². The molecule has 1 aromatic carbocycles. The summed E-state index contributed by atoms with van der Waals surface area (Å²) >= 11 is 0. The van der Waals surface area contributed by atoms with Crippen molar-refractivity contribution in [1.29, 1.82) is 0 Å². The Morgan fingerprint density at radius 2 is 2.00 bits per heavy atom. The van der Waals surface area contributed by atoms with Crippen LogP contribution in [-0.4, -0.2) is 53.4 Å². The molecule has 2 aromatic rings. The van der Waals surface area contributed by atoms with Crippen LogP contribution in [0.25, 0.3) is 0 Å². The van der Waals surface area contributed by atoms with Crippen LogP contribution in [0.3, 0.4) is 0 Å². The Morgan fingerprint density at radius 1 is 1.28 bits per heavy atom. The lowest BCUT2D eigenvalue weighted by Gasteiger charge is -2.38. The normalized spacial score (nSPS) is 19.8. The van der Waals surface area contributed by atoms with Crippen LogP contribution < -0.4 is 5.32 Å². The van der Waals surface area contributed by atoms with Crippen LogP contribution in [0.1, 0.15) is 36.4 Å². The second kappa shape index (κ2) is 10.9. The molecule has 0 radical (unpaired) electrons. The van der Waals surface area contributed by atoms with Gasteiger partial charge in [-0.05, 0) is 51.0 Å². The van der Waals surface area contributed by atoms with E-state index in [-0.39, 0.29) is 42.0 Å². The van der Waals surface area contributed by atoms with Crippen LogP contribution in [-0.2, 0) is 11.3 Å². The Hall–Kier alpha value is -1.68. The molecule has 1 saturated heterocycles. The average molecular weight is 515 g/mol. The number of hydrogen-bond acceptors (Lipinski definition) is 3. The first-order valence-electron chi connectivity index (χ1n) is 9.84.